The summed E-state index contributed by atoms with van der Waals surface area (Å²) in [6, 6.07) is 3.52. The summed E-state index contributed by atoms with van der Waals surface area (Å²) in [4.78, 5) is 6.51. The topological polar surface area (TPSA) is 45.6 Å². The van der Waals surface area contributed by atoms with E-state index in [2.05, 4.69) is 9.88 Å². The molecule has 1 aliphatic heterocycles. The maximum absolute atomic E-state index is 9.72. The van der Waals surface area contributed by atoms with Gasteiger partial charge in [0.2, 0.25) is 0 Å². The molecule has 94 valence electrons. The highest BCUT2D eigenvalue weighted by Gasteiger charge is 2.18. The molecule has 1 atom stereocenters. The third-order valence-corrected chi connectivity index (χ3v) is 3.05. The predicted octanol–water partition coefficient (Wildman–Crippen LogP) is 1.71. The molecule has 0 spiro atoms. The van der Waals surface area contributed by atoms with E-state index in [0.29, 0.717) is 12.6 Å². The van der Waals surface area contributed by atoms with Gasteiger partial charge in [-0.25, -0.2) is 0 Å². The van der Waals surface area contributed by atoms with Crippen molar-refractivity contribution < 1.29 is 9.84 Å². The third kappa shape index (κ3) is 3.41. The van der Waals surface area contributed by atoms with Crippen molar-refractivity contribution in [1.29, 1.82) is 0 Å². The monoisotopic (exact) mass is 236 g/mol. The van der Waals surface area contributed by atoms with Crippen LogP contribution >= 0.6 is 0 Å². The van der Waals surface area contributed by atoms with Crippen LogP contribution in [0.1, 0.15) is 24.2 Å². The average Bonchev–Trinajstić information content (AvgIpc) is 2.76. The average molecular weight is 236 g/mol. The quantitative estimate of drug-likeness (QED) is 0.864. The van der Waals surface area contributed by atoms with E-state index in [9.17, 15) is 5.11 Å². The molecule has 1 fully saturated rings. The van der Waals surface area contributed by atoms with Gasteiger partial charge in [-0.3, -0.25) is 9.88 Å². The maximum Gasteiger partial charge on any atom is 0.138 e. The van der Waals surface area contributed by atoms with Gasteiger partial charge in [0.25, 0.3) is 0 Å². The van der Waals surface area contributed by atoms with Crippen LogP contribution in [0.2, 0.25) is 0 Å². The maximum atomic E-state index is 9.72. The fourth-order valence-corrected chi connectivity index (χ4v) is 2.18. The van der Waals surface area contributed by atoms with Crippen molar-refractivity contribution in [3.8, 4) is 5.75 Å². The molecule has 17 heavy (non-hydrogen) atoms. The molecule has 1 saturated heterocycles. The molecule has 0 radical (unpaired) electrons. The summed E-state index contributed by atoms with van der Waals surface area (Å²) in [5.74, 6) is 0.273. The number of pyridine rings is 1. The molecule has 0 bridgehead atoms. The van der Waals surface area contributed by atoms with Gasteiger partial charge in [-0.2, -0.15) is 0 Å². The van der Waals surface area contributed by atoms with Crippen molar-refractivity contribution in [2.75, 3.05) is 20.2 Å². The molecule has 4 nitrogen and oxygen atoms in total. The van der Waals surface area contributed by atoms with Crippen molar-refractivity contribution in [1.82, 2.24) is 9.88 Å². The summed E-state index contributed by atoms with van der Waals surface area (Å²) in [6.07, 6.45) is 2.64. The van der Waals surface area contributed by atoms with E-state index < -0.39 is 0 Å². The normalized spacial score (nSPS) is 20.1. The number of aromatic hydroxyl groups is 1. The highest BCUT2D eigenvalue weighted by atomic mass is 16.5. The Morgan fingerprint density at radius 3 is 3.06 bits per heavy atom. The van der Waals surface area contributed by atoms with E-state index in [1.165, 1.54) is 0 Å². The molecule has 1 unspecified atom stereocenters. The van der Waals surface area contributed by atoms with Crippen LogP contribution in [0.15, 0.2) is 12.1 Å². The van der Waals surface area contributed by atoms with Crippen molar-refractivity contribution in [2.45, 2.75) is 32.4 Å². The van der Waals surface area contributed by atoms with E-state index in [4.69, 9.17) is 4.74 Å². The minimum atomic E-state index is 0.273. The molecule has 1 aromatic heterocycles. The Morgan fingerprint density at radius 2 is 2.35 bits per heavy atom. The fraction of sp³-hybridized carbons (Fsp3) is 0.615. The summed E-state index contributed by atoms with van der Waals surface area (Å²) < 4.78 is 5.59. The second-order valence-electron chi connectivity index (χ2n) is 4.75. The van der Waals surface area contributed by atoms with Gasteiger partial charge < -0.3 is 9.84 Å². The first-order valence-corrected chi connectivity index (χ1v) is 6.11. The van der Waals surface area contributed by atoms with Gasteiger partial charge in [0.05, 0.1) is 11.8 Å². The largest absolute Gasteiger partial charge is 0.506 e. The first-order valence-electron chi connectivity index (χ1n) is 6.11. The number of hydrogen-bond donors (Lipinski definition) is 1. The summed E-state index contributed by atoms with van der Waals surface area (Å²) >= 11 is 0. The Morgan fingerprint density at radius 1 is 1.53 bits per heavy atom. The molecule has 1 aromatic rings. The van der Waals surface area contributed by atoms with E-state index in [0.717, 1.165) is 37.4 Å². The lowest BCUT2D eigenvalue weighted by atomic mass is 10.2. The minimum absolute atomic E-state index is 0.273. The lowest BCUT2D eigenvalue weighted by molar-refractivity contribution is 0.0787. The number of likely N-dealkylation sites (N-methyl/N-ethyl adjacent to an activating group) is 1. The van der Waals surface area contributed by atoms with E-state index in [1.807, 2.05) is 20.0 Å². The van der Waals surface area contributed by atoms with Gasteiger partial charge in [-0.15, -0.1) is 0 Å². The molecule has 0 aromatic carbocycles. The molecule has 1 aliphatic rings. The zero-order valence-electron chi connectivity index (χ0n) is 10.5. The number of rotatable bonds is 4. The Balaban J connectivity index is 1.92. The minimum Gasteiger partial charge on any atom is -0.506 e. The molecule has 1 N–H and O–H groups in total. The summed E-state index contributed by atoms with van der Waals surface area (Å²) in [5, 5.41) is 9.72. The van der Waals surface area contributed by atoms with Crippen LogP contribution in [0, 0.1) is 6.92 Å². The molecule has 4 heteroatoms. The van der Waals surface area contributed by atoms with Crippen LogP contribution in [-0.4, -0.2) is 41.3 Å². The summed E-state index contributed by atoms with van der Waals surface area (Å²) in [6.45, 7) is 4.37. The Bertz CT molecular complexity index is 376. The Hall–Kier alpha value is -1.13. The molecule has 0 saturated carbocycles. The van der Waals surface area contributed by atoms with Crippen LogP contribution < -0.4 is 0 Å². The number of nitrogens with zero attached hydrogens (tertiary/aromatic N) is 2. The Labute approximate surface area is 102 Å². The molecule has 0 amide bonds. The van der Waals surface area contributed by atoms with Crippen molar-refractivity contribution in [2.24, 2.45) is 0 Å². The van der Waals surface area contributed by atoms with Crippen LogP contribution in [0.25, 0.3) is 0 Å². The van der Waals surface area contributed by atoms with Crippen LogP contribution in [0.3, 0.4) is 0 Å². The number of ether oxygens (including phenoxy) is 1. The summed E-state index contributed by atoms with van der Waals surface area (Å²) in [7, 11) is 2.03. The first-order chi connectivity index (χ1) is 8.15. The molecular weight excluding hydrogens is 216 g/mol. The smallest absolute Gasteiger partial charge is 0.138 e. The molecule has 2 rings (SSSR count). The van der Waals surface area contributed by atoms with Gasteiger partial charge in [0, 0.05) is 25.4 Å². The van der Waals surface area contributed by atoms with Crippen LogP contribution in [0.5, 0.6) is 5.75 Å². The van der Waals surface area contributed by atoms with Gasteiger partial charge in [-0.1, -0.05) is 0 Å². The highest BCUT2D eigenvalue weighted by molar-refractivity contribution is 5.27. The molecule has 2 heterocycles. The van der Waals surface area contributed by atoms with Gasteiger partial charge in [-0.05, 0) is 38.9 Å². The van der Waals surface area contributed by atoms with Crippen LogP contribution in [0.4, 0.5) is 0 Å². The second-order valence-corrected chi connectivity index (χ2v) is 4.75. The molecule has 0 aliphatic carbocycles. The lowest BCUT2D eigenvalue weighted by Crippen LogP contribution is -2.28. The SMILES string of the molecule is Cc1ccc(O)c(CN(C)CC2CCCO2)n1. The van der Waals surface area contributed by atoms with Gasteiger partial charge in [0.15, 0.2) is 0 Å². The first kappa shape index (κ1) is 12.3. The van der Waals surface area contributed by atoms with E-state index in [-0.39, 0.29) is 5.75 Å². The van der Waals surface area contributed by atoms with Crippen LogP contribution in [-0.2, 0) is 11.3 Å². The van der Waals surface area contributed by atoms with Crippen molar-refractivity contribution >= 4 is 0 Å². The van der Waals surface area contributed by atoms with Gasteiger partial charge >= 0.3 is 0 Å². The standard InChI is InChI=1S/C13H20N2O2/c1-10-5-6-13(16)12(14-10)9-15(2)8-11-4-3-7-17-11/h5-6,11,16H,3-4,7-9H2,1-2H3. The second kappa shape index (κ2) is 5.47. The zero-order valence-corrected chi connectivity index (χ0v) is 10.5. The van der Waals surface area contributed by atoms with E-state index in [1.54, 1.807) is 6.07 Å². The van der Waals surface area contributed by atoms with E-state index >= 15 is 0 Å². The fourth-order valence-electron chi connectivity index (χ4n) is 2.18. The Kier molecular flexibility index (Phi) is 3.97. The van der Waals surface area contributed by atoms with Gasteiger partial charge in [0.1, 0.15) is 5.75 Å². The third-order valence-electron chi connectivity index (χ3n) is 3.05. The van der Waals surface area contributed by atoms with Crippen molar-refractivity contribution in [3.63, 3.8) is 0 Å². The number of hydrogen-bond acceptors (Lipinski definition) is 4. The lowest BCUT2D eigenvalue weighted by Gasteiger charge is -2.20. The number of aromatic nitrogens is 1. The highest BCUT2D eigenvalue weighted by Crippen LogP contribution is 2.18. The number of aryl methyl sites for hydroxylation is 1. The zero-order chi connectivity index (χ0) is 12.3. The molecular formula is C13H20N2O2. The summed E-state index contributed by atoms with van der Waals surface area (Å²) in [5.41, 5.74) is 1.67. The van der Waals surface area contributed by atoms with Crippen molar-refractivity contribution in [3.05, 3.63) is 23.5 Å². The predicted molar refractivity (Wildman–Crippen MR) is 65.9 cm³/mol.